The maximum absolute atomic E-state index is 13.6. The summed E-state index contributed by atoms with van der Waals surface area (Å²) in [5, 5.41) is 14.1. The SMILES string of the molecule is O=C(O)c1cccc(S(=O)(=O)N2[C@@H]3CC[C@H]2C[C@@H](OC(=O)c2c(-c4c(Cl)cccc4Cl)noc2C2CC2)C3)c1. The first-order valence-electron chi connectivity index (χ1n) is 12.7. The summed E-state index contributed by atoms with van der Waals surface area (Å²) in [6, 6.07) is 9.62. The normalized spacial score (nSPS) is 23.1. The zero-order valence-electron chi connectivity index (χ0n) is 20.5. The van der Waals surface area contributed by atoms with E-state index < -0.39 is 28.1 Å². The molecule has 3 atom stereocenters. The highest BCUT2D eigenvalue weighted by molar-refractivity contribution is 7.89. The van der Waals surface area contributed by atoms with Crippen molar-refractivity contribution in [3.8, 4) is 11.3 Å². The van der Waals surface area contributed by atoms with Crippen LogP contribution in [0.5, 0.6) is 0 Å². The molecule has 2 saturated heterocycles. The van der Waals surface area contributed by atoms with Crippen LogP contribution < -0.4 is 0 Å². The van der Waals surface area contributed by atoms with E-state index in [1.54, 1.807) is 18.2 Å². The van der Waals surface area contributed by atoms with E-state index in [0.717, 1.165) is 12.8 Å². The standard InChI is InChI=1S/C27H24Cl2N2O7S/c28-20-5-2-6-21(29)22(20)24-23(25(38-30-24)14-7-8-14)27(34)37-18-12-16-9-10-17(13-18)31(16)39(35,36)19-4-1-3-15(11-19)26(32)33/h1-6,11,14,16-18H,7-10,12-13H2,(H,32,33)/t16-,17+,18+. The predicted molar refractivity (Wildman–Crippen MR) is 142 cm³/mol. The van der Waals surface area contributed by atoms with Gasteiger partial charge in [-0.05, 0) is 56.0 Å². The van der Waals surface area contributed by atoms with Crippen molar-refractivity contribution in [2.75, 3.05) is 0 Å². The smallest absolute Gasteiger partial charge is 0.344 e. The first kappa shape index (κ1) is 26.3. The first-order valence-corrected chi connectivity index (χ1v) is 14.9. The molecule has 2 bridgehead atoms. The predicted octanol–water partition coefficient (Wildman–Crippen LogP) is 5.77. The average Bonchev–Trinajstić information content (AvgIpc) is 3.58. The number of fused-ring (bicyclic) bond motifs is 2. The molecular formula is C27H24Cl2N2O7S. The third-order valence-corrected chi connectivity index (χ3v) is 10.3. The summed E-state index contributed by atoms with van der Waals surface area (Å²) in [7, 11) is -3.94. The molecule has 0 radical (unpaired) electrons. The molecule has 39 heavy (non-hydrogen) atoms. The molecule has 1 aliphatic carbocycles. The van der Waals surface area contributed by atoms with E-state index in [-0.39, 0.29) is 39.7 Å². The van der Waals surface area contributed by atoms with Crippen molar-refractivity contribution in [1.29, 1.82) is 0 Å². The van der Waals surface area contributed by atoms with Crippen LogP contribution in [0.3, 0.4) is 0 Å². The second-order valence-corrected chi connectivity index (χ2v) is 12.9. The van der Waals surface area contributed by atoms with Crippen molar-refractivity contribution in [2.24, 2.45) is 0 Å². The Balaban J connectivity index is 1.25. The van der Waals surface area contributed by atoms with Gasteiger partial charge in [0, 0.05) is 36.4 Å². The van der Waals surface area contributed by atoms with Gasteiger partial charge in [-0.25, -0.2) is 18.0 Å². The molecule has 3 fully saturated rings. The molecule has 0 unspecified atom stereocenters. The quantitative estimate of drug-likeness (QED) is 0.344. The van der Waals surface area contributed by atoms with E-state index in [9.17, 15) is 23.1 Å². The van der Waals surface area contributed by atoms with Crippen molar-refractivity contribution in [1.82, 2.24) is 9.46 Å². The molecule has 3 aromatic rings. The molecule has 204 valence electrons. The average molecular weight is 591 g/mol. The van der Waals surface area contributed by atoms with Crippen molar-refractivity contribution < 1.29 is 32.4 Å². The Morgan fingerprint density at radius 1 is 1.00 bits per heavy atom. The number of piperidine rings is 1. The summed E-state index contributed by atoms with van der Waals surface area (Å²) in [4.78, 5) is 24.9. The third-order valence-electron chi connectivity index (χ3n) is 7.62. The van der Waals surface area contributed by atoms with Gasteiger partial charge in [-0.1, -0.05) is 40.5 Å². The number of sulfonamides is 1. The Bertz CT molecular complexity index is 1550. The largest absolute Gasteiger partial charge is 0.478 e. The topological polar surface area (TPSA) is 127 Å². The van der Waals surface area contributed by atoms with Crippen molar-refractivity contribution in [2.45, 2.75) is 67.5 Å². The third kappa shape index (κ3) is 4.73. The van der Waals surface area contributed by atoms with Gasteiger partial charge in [0.15, 0.2) is 5.76 Å². The maximum Gasteiger partial charge on any atom is 0.344 e. The lowest BCUT2D eigenvalue weighted by molar-refractivity contribution is 0.00824. The highest BCUT2D eigenvalue weighted by atomic mass is 35.5. The monoisotopic (exact) mass is 590 g/mol. The molecule has 1 N–H and O–H groups in total. The number of hydrogen-bond acceptors (Lipinski definition) is 7. The molecule has 6 rings (SSSR count). The van der Waals surface area contributed by atoms with Gasteiger partial charge in [0.25, 0.3) is 0 Å². The Kier molecular flexibility index (Phi) is 6.69. The van der Waals surface area contributed by atoms with Crippen molar-refractivity contribution in [3.63, 3.8) is 0 Å². The number of rotatable bonds is 7. The van der Waals surface area contributed by atoms with E-state index in [2.05, 4.69) is 5.16 Å². The van der Waals surface area contributed by atoms with Crippen LogP contribution in [0.15, 0.2) is 51.9 Å². The van der Waals surface area contributed by atoms with Crippen LogP contribution in [0.25, 0.3) is 11.3 Å². The van der Waals surface area contributed by atoms with E-state index >= 15 is 0 Å². The van der Waals surface area contributed by atoms with Crippen molar-refractivity contribution in [3.05, 3.63) is 69.4 Å². The molecule has 2 aromatic carbocycles. The summed E-state index contributed by atoms with van der Waals surface area (Å²) in [5.74, 6) is -1.27. The number of esters is 1. The molecule has 3 heterocycles. The number of carboxylic acids is 1. The van der Waals surface area contributed by atoms with Gasteiger partial charge in [-0.3, -0.25) is 0 Å². The number of aromatic carboxylic acids is 1. The number of benzene rings is 2. The van der Waals surface area contributed by atoms with Crippen LogP contribution in [0.2, 0.25) is 10.0 Å². The Morgan fingerprint density at radius 3 is 2.26 bits per heavy atom. The summed E-state index contributed by atoms with van der Waals surface area (Å²) < 4.78 is 40.0. The number of carbonyl (C=O) groups excluding carboxylic acids is 1. The fourth-order valence-electron chi connectivity index (χ4n) is 5.71. The summed E-state index contributed by atoms with van der Waals surface area (Å²) >= 11 is 12.8. The lowest BCUT2D eigenvalue weighted by atomic mass is 10.0. The highest BCUT2D eigenvalue weighted by Gasteiger charge is 2.49. The molecule has 0 spiro atoms. The molecule has 3 aliphatic rings. The molecule has 0 amide bonds. The maximum atomic E-state index is 13.6. The fourth-order valence-corrected chi connectivity index (χ4v) is 8.23. The lowest BCUT2D eigenvalue weighted by Gasteiger charge is -2.37. The minimum absolute atomic E-state index is 0.0606. The second kappa shape index (κ2) is 9.92. The van der Waals surface area contributed by atoms with E-state index in [4.69, 9.17) is 32.5 Å². The van der Waals surface area contributed by atoms with E-state index in [0.29, 0.717) is 47.1 Å². The first-order chi connectivity index (χ1) is 18.6. The van der Waals surface area contributed by atoms with Gasteiger partial charge >= 0.3 is 11.9 Å². The summed E-state index contributed by atoms with van der Waals surface area (Å²) in [5.41, 5.74) is 0.744. The Labute approximate surface area is 234 Å². The molecule has 12 heteroatoms. The zero-order valence-corrected chi connectivity index (χ0v) is 22.9. The molecule has 9 nitrogen and oxygen atoms in total. The molecule has 1 aromatic heterocycles. The number of aromatic nitrogens is 1. The van der Waals surface area contributed by atoms with E-state index in [1.807, 2.05) is 0 Å². The van der Waals surface area contributed by atoms with Gasteiger partial charge < -0.3 is 14.4 Å². The van der Waals surface area contributed by atoms with Gasteiger partial charge in [0.2, 0.25) is 10.0 Å². The van der Waals surface area contributed by atoms with Crippen LogP contribution in [0, 0.1) is 0 Å². The number of ether oxygens (including phenoxy) is 1. The Morgan fingerprint density at radius 2 is 1.64 bits per heavy atom. The fraction of sp³-hybridized carbons (Fsp3) is 0.370. The molecule has 1 saturated carbocycles. The van der Waals surface area contributed by atoms with Gasteiger partial charge in [-0.15, -0.1) is 0 Å². The zero-order chi connectivity index (χ0) is 27.5. The second-order valence-electron chi connectivity index (χ2n) is 10.2. The molecule has 2 aliphatic heterocycles. The van der Waals surface area contributed by atoms with Crippen LogP contribution in [0.4, 0.5) is 0 Å². The minimum Gasteiger partial charge on any atom is -0.478 e. The number of nitrogens with zero attached hydrogens (tertiary/aromatic N) is 2. The number of carboxylic acid groups (broad SMARTS) is 1. The van der Waals surface area contributed by atoms with E-state index in [1.165, 1.54) is 28.6 Å². The number of hydrogen-bond donors (Lipinski definition) is 1. The summed E-state index contributed by atoms with van der Waals surface area (Å²) in [6.07, 6.45) is 3.13. The van der Waals surface area contributed by atoms with Gasteiger partial charge in [0.05, 0.1) is 20.5 Å². The minimum atomic E-state index is -3.94. The number of carbonyl (C=O) groups is 2. The van der Waals surface area contributed by atoms with Gasteiger partial charge in [-0.2, -0.15) is 4.31 Å². The lowest BCUT2D eigenvalue weighted by Crippen LogP contribution is -2.48. The van der Waals surface area contributed by atoms with Gasteiger partial charge in [0.1, 0.15) is 17.4 Å². The highest BCUT2D eigenvalue weighted by Crippen LogP contribution is 2.47. The van der Waals surface area contributed by atoms with Crippen LogP contribution in [0.1, 0.15) is 70.9 Å². The van der Waals surface area contributed by atoms with Crippen LogP contribution >= 0.6 is 23.2 Å². The van der Waals surface area contributed by atoms with Crippen LogP contribution in [-0.2, 0) is 14.8 Å². The Hall–Kier alpha value is -2.92. The van der Waals surface area contributed by atoms with Crippen molar-refractivity contribution >= 4 is 45.2 Å². The van der Waals surface area contributed by atoms with Crippen LogP contribution in [-0.4, -0.2) is 53.1 Å². The number of halogens is 2. The summed E-state index contributed by atoms with van der Waals surface area (Å²) in [6.45, 7) is 0. The molecular weight excluding hydrogens is 567 g/mol.